The number of carbonyl (C=O) groups excluding carboxylic acids is 2. The predicted molar refractivity (Wildman–Crippen MR) is 92.9 cm³/mol. The first-order valence-corrected chi connectivity index (χ1v) is 8.52. The van der Waals surface area contributed by atoms with E-state index in [1.165, 1.54) is 6.07 Å². The van der Waals surface area contributed by atoms with Crippen LogP contribution < -0.4 is 10.6 Å². The van der Waals surface area contributed by atoms with Crippen molar-refractivity contribution in [1.82, 2.24) is 5.32 Å². The van der Waals surface area contributed by atoms with Crippen molar-refractivity contribution in [2.24, 2.45) is 0 Å². The Balaban J connectivity index is 1.75. The molecule has 2 N–H and O–H groups in total. The second kappa shape index (κ2) is 8.69. The minimum absolute atomic E-state index is 0.0449. The van der Waals surface area contributed by atoms with Crippen LogP contribution in [0.15, 0.2) is 57.9 Å². The van der Waals surface area contributed by atoms with Crippen LogP contribution in [0.5, 0.6) is 0 Å². The molecule has 2 aromatic carbocycles. The maximum absolute atomic E-state index is 13.4. The molecule has 2 amide bonds. The Morgan fingerprint density at radius 2 is 1.74 bits per heavy atom. The third kappa shape index (κ3) is 5.69. The molecule has 0 saturated carbocycles. The number of nitrogens with one attached hydrogen (secondary N) is 2. The van der Waals surface area contributed by atoms with Crippen LogP contribution in [-0.4, -0.2) is 24.1 Å². The van der Waals surface area contributed by atoms with Crippen molar-refractivity contribution in [2.75, 3.05) is 17.6 Å². The van der Waals surface area contributed by atoms with Crippen LogP contribution in [0.1, 0.15) is 0 Å². The summed E-state index contributed by atoms with van der Waals surface area (Å²) in [5.74, 6) is -0.984. The summed E-state index contributed by atoms with van der Waals surface area (Å²) in [7, 11) is 0. The Morgan fingerprint density at radius 1 is 1.04 bits per heavy atom. The van der Waals surface area contributed by atoms with Crippen LogP contribution in [0.4, 0.5) is 10.1 Å². The number of hydrogen-bond donors (Lipinski definition) is 2. The monoisotopic (exact) mass is 396 g/mol. The quantitative estimate of drug-likeness (QED) is 0.735. The molecule has 0 fully saturated rings. The summed E-state index contributed by atoms with van der Waals surface area (Å²) in [5, 5.41) is 5.18. The van der Waals surface area contributed by atoms with E-state index in [4.69, 9.17) is 0 Å². The molecule has 2 aromatic rings. The molecule has 0 aliphatic rings. The van der Waals surface area contributed by atoms with Gasteiger partial charge in [0.15, 0.2) is 0 Å². The van der Waals surface area contributed by atoms with Crippen LogP contribution in [0.3, 0.4) is 0 Å². The fourth-order valence-electron chi connectivity index (χ4n) is 1.69. The van der Waals surface area contributed by atoms with Gasteiger partial charge in [-0.3, -0.25) is 9.59 Å². The summed E-state index contributed by atoms with van der Waals surface area (Å²) in [6, 6.07) is 13.4. The molecule has 0 atom stereocenters. The number of benzene rings is 2. The van der Waals surface area contributed by atoms with Crippen LogP contribution in [0.2, 0.25) is 0 Å². The Kier molecular flexibility index (Phi) is 6.61. The highest BCUT2D eigenvalue weighted by Crippen LogP contribution is 2.21. The highest BCUT2D eigenvalue weighted by molar-refractivity contribution is 9.10. The number of rotatable bonds is 6. The Bertz CT molecular complexity index is 712. The van der Waals surface area contributed by atoms with Crippen LogP contribution in [-0.2, 0) is 9.59 Å². The number of carbonyl (C=O) groups is 2. The lowest BCUT2D eigenvalue weighted by Crippen LogP contribution is -2.33. The van der Waals surface area contributed by atoms with E-state index in [-0.39, 0.29) is 29.9 Å². The van der Waals surface area contributed by atoms with Gasteiger partial charge >= 0.3 is 0 Å². The minimum Gasteiger partial charge on any atom is -0.346 e. The van der Waals surface area contributed by atoms with E-state index in [1.807, 2.05) is 6.07 Å². The Morgan fingerprint density at radius 3 is 2.48 bits per heavy atom. The smallest absolute Gasteiger partial charge is 0.243 e. The van der Waals surface area contributed by atoms with Gasteiger partial charge < -0.3 is 10.6 Å². The molecular weight excluding hydrogens is 383 g/mol. The lowest BCUT2D eigenvalue weighted by atomic mass is 10.3. The summed E-state index contributed by atoms with van der Waals surface area (Å²) in [6.45, 7) is -0.141. The van der Waals surface area contributed by atoms with Crippen molar-refractivity contribution >= 4 is 45.2 Å². The van der Waals surface area contributed by atoms with Crippen molar-refractivity contribution in [1.29, 1.82) is 0 Å². The van der Waals surface area contributed by atoms with Gasteiger partial charge in [-0.1, -0.05) is 24.3 Å². The Labute approximate surface area is 146 Å². The Hall–Kier alpha value is -1.86. The van der Waals surface area contributed by atoms with Gasteiger partial charge in [-0.05, 0) is 40.2 Å². The molecule has 0 spiro atoms. The molecule has 0 heterocycles. The molecule has 0 aliphatic heterocycles. The summed E-state index contributed by atoms with van der Waals surface area (Å²) >= 11 is 4.41. The van der Waals surface area contributed by atoms with Gasteiger partial charge in [-0.25, -0.2) is 4.39 Å². The van der Waals surface area contributed by atoms with Crippen molar-refractivity contribution in [3.63, 3.8) is 0 Å². The van der Waals surface area contributed by atoms with Gasteiger partial charge in [0, 0.05) is 9.37 Å². The average molecular weight is 397 g/mol. The van der Waals surface area contributed by atoms with Crippen molar-refractivity contribution in [3.8, 4) is 0 Å². The van der Waals surface area contributed by atoms with Crippen molar-refractivity contribution < 1.29 is 14.0 Å². The van der Waals surface area contributed by atoms with Crippen LogP contribution in [0.25, 0.3) is 0 Å². The largest absolute Gasteiger partial charge is 0.346 e. The number of halogens is 2. The topological polar surface area (TPSA) is 58.2 Å². The molecule has 0 radical (unpaired) electrons. The SMILES string of the molecule is O=C(CSc1ccccc1F)NCC(=O)Nc1ccccc1Br. The first-order chi connectivity index (χ1) is 11.1. The fourth-order valence-corrected chi connectivity index (χ4v) is 2.85. The summed E-state index contributed by atoms with van der Waals surface area (Å²) in [6.07, 6.45) is 0. The maximum atomic E-state index is 13.4. The van der Waals surface area contributed by atoms with Gasteiger partial charge in [0.25, 0.3) is 0 Å². The molecule has 0 aliphatic carbocycles. The number of hydrogen-bond acceptors (Lipinski definition) is 3. The highest BCUT2D eigenvalue weighted by Gasteiger charge is 2.09. The zero-order valence-electron chi connectivity index (χ0n) is 12.0. The lowest BCUT2D eigenvalue weighted by molar-refractivity contribution is -0.122. The molecule has 0 saturated heterocycles. The van der Waals surface area contributed by atoms with Crippen LogP contribution in [0, 0.1) is 5.82 Å². The number of para-hydroxylation sites is 1. The van der Waals surface area contributed by atoms with E-state index < -0.39 is 0 Å². The molecule has 0 aromatic heterocycles. The van der Waals surface area contributed by atoms with E-state index >= 15 is 0 Å². The minimum atomic E-state index is -0.364. The summed E-state index contributed by atoms with van der Waals surface area (Å²) in [4.78, 5) is 23.9. The zero-order chi connectivity index (χ0) is 16.7. The van der Waals surface area contributed by atoms with Gasteiger partial charge in [0.05, 0.1) is 18.0 Å². The number of thioether (sulfide) groups is 1. The standard InChI is InChI=1S/C16H14BrFN2O2S/c17-11-5-1-3-7-13(11)20-15(21)9-19-16(22)10-23-14-8-4-2-6-12(14)18/h1-8H,9-10H2,(H,19,22)(H,20,21). The average Bonchev–Trinajstić information content (AvgIpc) is 2.54. The predicted octanol–water partition coefficient (Wildman–Crippen LogP) is 3.44. The van der Waals surface area contributed by atoms with Gasteiger partial charge in [0.1, 0.15) is 5.82 Å². The van der Waals surface area contributed by atoms with Crippen LogP contribution >= 0.6 is 27.7 Å². The first kappa shape index (κ1) is 17.5. The second-order valence-corrected chi connectivity index (χ2v) is 6.40. The zero-order valence-corrected chi connectivity index (χ0v) is 14.4. The lowest BCUT2D eigenvalue weighted by Gasteiger charge is -2.08. The summed E-state index contributed by atoms with van der Waals surface area (Å²) < 4.78 is 14.2. The molecule has 0 unspecified atom stereocenters. The molecular formula is C16H14BrFN2O2S. The number of amides is 2. The fraction of sp³-hybridized carbons (Fsp3) is 0.125. The first-order valence-electron chi connectivity index (χ1n) is 6.74. The van der Waals surface area contributed by atoms with Crippen molar-refractivity contribution in [3.05, 3.63) is 58.8 Å². The van der Waals surface area contributed by atoms with Crippen molar-refractivity contribution in [2.45, 2.75) is 4.90 Å². The molecule has 4 nitrogen and oxygen atoms in total. The maximum Gasteiger partial charge on any atom is 0.243 e. The third-order valence-corrected chi connectivity index (χ3v) is 4.53. The summed E-state index contributed by atoms with van der Waals surface area (Å²) in [5.41, 5.74) is 0.632. The van der Waals surface area contributed by atoms with E-state index in [0.717, 1.165) is 16.2 Å². The van der Waals surface area contributed by atoms with E-state index in [2.05, 4.69) is 26.6 Å². The van der Waals surface area contributed by atoms with E-state index in [0.29, 0.717) is 10.6 Å². The third-order valence-electron chi connectivity index (χ3n) is 2.79. The number of anilines is 1. The second-order valence-electron chi connectivity index (χ2n) is 4.52. The normalized spacial score (nSPS) is 10.2. The molecule has 23 heavy (non-hydrogen) atoms. The highest BCUT2D eigenvalue weighted by atomic mass is 79.9. The molecule has 120 valence electrons. The molecule has 2 rings (SSSR count). The van der Waals surface area contributed by atoms with E-state index in [9.17, 15) is 14.0 Å². The van der Waals surface area contributed by atoms with Gasteiger partial charge in [-0.2, -0.15) is 0 Å². The molecule has 0 bridgehead atoms. The van der Waals surface area contributed by atoms with Gasteiger partial charge in [0.2, 0.25) is 11.8 Å². The van der Waals surface area contributed by atoms with Gasteiger partial charge in [-0.15, -0.1) is 11.8 Å². The van der Waals surface area contributed by atoms with E-state index in [1.54, 1.807) is 36.4 Å². The molecule has 7 heteroatoms.